The monoisotopic (exact) mass is 283 g/mol. The maximum absolute atomic E-state index is 13.8. The van der Waals surface area contributed by atoms with Crippen LogP contribution in [0.2, 0.25) is 5.02 Å². The Balaban J connectivity index is 2.29. The highest BCUT2D eigenvalue weighted by Crippen LogP contribution is 2.29. The molecule has 0 radical (unpaired) electrons. The number of hydrogen-bond donors (Lipinski definition) is 0. The van der Waals surface area contributed by atoms with Crippen molar-refractivity contribution in [2.45, 2.75) is 12.0 Å². The molecule has 6 heteroatoms. The highest BCUT2D eigenvalue weighted by Gasteiger charge is 2.33. The van der Waals surface area contributed by atoms with Crippen LogP contribution >= 0.6 is 11.6 Å². The number of halogens is 2. The molecule has 0 N–H and O–H groups in total. The third-order valence-electron chi connectivity index (χ3n) is 2.84. The van der Waals surface area contributed by atoms with Gasteiger partial charge in [0.15, 0.2) is 5.78 Å². The fraction of sp³-hybridized carbons (Fsp3) is 0.385. The molecule has 1 aromatic carbocycles. The second-order valence-electron chi connectivity index (χ2n) is 4.03. The molecule has 1 aromatic rings. The van der Waals surface area contributed by atoms with Gasteiger partial charge in [0.1, 0.15) is 17.8 Å². The zero-order valence-corrected chi connectivity index (χ0v) is 10.7. The van der Waals surface area contributed by atoms with Crippen molar-refractivity contribution in [1.29, 1.82) is 5.26 Å². The van der Waals surface area contributed by atoms with E-state index in [4.69, 9.17) is 26.3 Å². The molecule has 0 aromatic heterocycles. The first kappa shape index (κ1) is 13.9. The quantitative estimate of drug-likeness (QED) is 0.852. The molecule has 19 heavy (non-hydrogen) atoms. The molecule has 2 rings (SSSR count). The molecule has 1 fully saturated rings. The van der Waals surface area contributed by atoms with Crippen LogP contribution in [-0.2, 0) is 14.3 Å². The summed E-state index contributed by atoms with van der Waals surface area (Å²) < 4.78 is 24.1. The fourth-order valence-corrected chi connectivity index (χ4v) is 2.17. The van der Waals surface area contributed by atoms with E-state index >= 15 is 0 Å². The van der Waals surface area contributed by atoms with Gasteiger partial charge in [0, 0.05) is 10.6 Å². The number of carbonyl (C=O) groups excluding carboxylic acids is 1. The van der Waals surface area contributed by atoms with E-state index in [2.05, 4.69) is 0 Å². The molecule has 0 bridgehead atoms. The lowest BCUT2D eigenvalue weighted by molar-refractivity contribution is -0.145. The Bertz CT molecular complexity index is 503. The minimum atomic E-state index is -1.29. The lowest BCUT2D eigenvalue weighted by Crippen LogP contribution is -2.38. The standard InChI is InChI=1S/C13H11ClFNO3/c14-9-2-1-3-10(15)12(9)8(6-16)13(17)11-7-18-4-5-19-11/h1-3,8,11H,4-5,7H2. The second kappa shape index (κ2) is 6.11. The molecule has 0 amide bonds. The summed E-state index contributed by atoms with van der Waals surface area (Å²) >= 11 is 5.87. The highest BCUT2D eigenvalue weighted by molar-refractivity contribution is 6.31. The summed E-state index contributed by atoms with van der Waals surface area (Å²) in [6, 6.07) is 5.81. The van der Waals surface area contributed by atoms with E-state index < -0.39 is 23.6 Å². The van der Waals surface area contributed by atoms with E-state index in [1.54, 1.807) is 6.07 Å². The van der Waals surface area contributed by atoms with Gasteiger partial charge in [-0.25, -0.2) is 4.39 Å². The summed E-state index contributed by atoms with van der Waals surface area (Å²) in [6.45, 7) is 0.754. The molecule has 0 aliphatic carbocycles. The first-order chi connectivity index (χ1) is 9.15. The van der Waals surface area contributed by atoms with Crippen molar-refractivity contribution in [3.8, 4) is 6.07 Å². The van der Waals surface area contributed by atoms with Gasteiger partial charge in [0.05, 0.1) is 25.9 Å². The average molecular weight is 284 g/mol. The number of ketones is 1. The number of carbonyl (C=O) groups is 1. The molecule has 1 aliphatic heterocycles. The van der Waals surface area contributed by atoms with Crippen molar-refractivity contribution in [1.82, 2.24) is 0 Å². The van der Waals surface area contributed by atoms with Gasteiger partial charge in [-0.15, -0.1) is 0 Å². The molecular weight excluding hydrogens is 273 g/mol. The van der Waals surface area contributed by atoms with Gasteiger partial charge in [-0.2, -0.15) is 5.26 Å². The van der Waals surface area contributed by atoms with E-state index in [1.807, 2.05) is 0 Å². The molecule has 1 saturated heterocycles. The molecule has 1 aliphatic rings. The summed E-state index contributed by atoms with van der Waals surface area (Å²) in [5.74, 6) is -2.50. The second-order valence-corrected chi connectivity index (χ2v) is 4.44. The van der Waals surface area contributed by atoms with Gasteiger partial charge in [-0.1, -0.05) is 17.7 Å². The number of ether oxygens (including phenoxy) is 2. The third-order valence-corrected chi connectivity index (χ3v) is 3.16. The van der Waals surface area contributed by atoms with Crippen LogP contribution in [0.15, 0.2) is 18.2 Å². The van der Waals surface area contributed by atoms with E-state index in [1.165, 1.54) is 12.1 Å². The largest absolute Gasteiger partial charge is 0.376 e. The van der Waals surface area contributed by atoms with E-state index in [-0.39, 0.29) is 23.8 Å². The van der Waals surface area contributed by atoms with Gasteiger partial charge >= 0.3 is 0 Å². The predicted octanol–water partition coefficient (Wildman–Crippen LogP) is 2.07. The Kier molecular flexibility index (Phi) is 4.48. The summed E-state index contributed by atoms with van der Waals surface area (Å²) in [5, 5.41) is 9.19. The van der Waals surface area contributed by atoms with E-state index in [0.717, 1.165) is 6.07 Å². The summed E-state index contributed by atoms with van der Waals surface area (Å²) in [7, 11) is 0. The van der Waals surface area contributed by atoms with Gasteiger partial charge < -0.3 is 9.47 Å². The number of hydrogen-bond acceptors (Lipinski definition) is 4. The third kappa shape index (κ3) is 2.92. The topological polar surface area (TPSA) is 59.3 Å². The first-order valence-electron chi connectivity index (χ1n) is 5.71. The SMILES string of the molecule is N#CC(C(=O)C1COCCO1)c1c(F)cccc1Cl. The lowest BCUT2D eigenvalue weighted by Gasteiger charge is -2.23. The summed E-state index contributed by atoms with van der Waals surface area (Å²) in [6.07, 6.45) is -0.853. The van der Waals surface area contributed by atoms with Crippen LogP contribution in [0.4, 0.5) is 4.39 Å². The number of benzene rings is 1. The Morgan fingerprint density at radius 1 is 1.53 bits per heavy atom. The highest BCUT2D eigenvalue weighted by atomic mass is 35.5. The van der Waals surface area contributed by atoms with E-state index in [9.17, 15) is 9.18 Å². The lowest BCUT2D eigenvalue weighted by atomic mass is 9.92. The summed E-state index contributed by atoms with van der Waals surface area (Å²) in [4.78, 5) is 12.2. The Labute approximate surface area is 114 Å². The number of nitrogens with zero attached hydrogens (tertiary/aromatic N) is 1. The first-order valence-corrected chi connectivity index (χ1v) is 6.09. The molecule has 2 atom stereocenters. The van der Waals surface area contributed by atoms with Gasteiger partial charge in [-0.3, -0.25) is 4.79 Å². The van der Waals surface area contributed by atoms with Crippen molar-refractivity contribution in [3.63, 3.8) is 0 Å². The van der Waals surface area contributed by atoms with Crippen LogP contribution in [0.1, 0.15) is 11.5 Å². The Morgan fingerprint density at radius 2 is 2.32 bits per heavy atom. The molecule has 4 nitrogen and oxygen atoms in total. The predicted molar refractivity (Wildman–Crippen MR) is 65.3 cm³/mol. The maximum Gasteiger partial charge on any atom is 0.185 e. The van der Waals surface area contributed by atoms with Crippen LogP contribution in [-0.4, -0.2) is 31.7 Å². The van der Waals surface area contributed by atoms with Crippen LogP contribution in [0, 0.1) is 17.1 Å². The van der Waals surface area contributed by atoms with Crippen LogP contribution in [0.5, 0.6) is 0 Å². The smallest absolute Gasteiger partial charge is 0.185 e. The molecule has 0 spiro atoms. The normalized spacial score (nSPS) is 20.6. The molecule has 1 heterocycles. The van der Waals surface area contributed by atoms with Gasteiger partial charge in [0.25, 0.3) is 0 Å². The number of Topliss-reactive ketones (excluding diaryl/α,β-unsaturated/α-hetero) is 1. The fourth-order valence-electron chi connectivity index (χ4n) is 1.89. The Hall–Kier alpha value is -1.48. The van der Waals surface area contributed by atoms with Crippen molar-refractivity contribution < 1.29 is 18.7 Å². The number of rotatable bonds is 3. The van der Waals surface area contributed by atoms with Crippen LogP contribution in [0.25, 0.3) is 0 Å². The maximum atomic E-state index is 13.8. The van der Waals surface area contributed by atoms with Crippen LogP contribution in [0.3, 0.4) is 0 Å². The van der Waals surface area contributed by atoms with Crippen molar-refractivity contribution >= 4 is 17.4 Å². The minimum absolute atomic E-state index is 0.0524. The minimum Gasteiger partial charge on any atom is -0.376 e. The zero-order chi connectivity index (χ0) is 13.8. The Morgan fingerprint density at radius 3 is 2.89 bits per heavy atom. The van der Waals surface area contributed by atoms with Gasteiger partial charge in [-0.05, 0) is 12.1 Å². The summed E-state index contributed by atoms with van der Waals surface area (Å²) in [5.41, 5.74) is -0.106. The zero-order valence-electron chi connectivity index (χ0n) is 9.94. The van der Waals surface area contributed by atoms with Crippen molar-refractivity contribution in [3.05, 3.63) is 34.6 Å². The van der Waals surface area contributed by atoms with Crippen LogP contribution < -0.4 is 0 Å². The van der Waals surface area contributed by atoms with Crippen molar-refractivity contribution in [2.24, 2.45) is 0 Å². The number of nitriles is 1. The van der Waals surface area contributed by atoms with Crippen molar-refractivity contribution in [2.75, 3.05) is 19.8 Å². The molecule has 2 unspecified atom stereocenters. The molecule has 0 saturated carbocycles. The van der Waals surface area contributed by atoms with E-state index in [0.29, 0.717) is 6.61 Å². The van der Waals surface area contributed by atoms with Gasteiger partial charge in [0.2, 0.25) is 0 Å². The molecule has 100 valence electrons. The molecular formula is C13H11ClFNO3. The average Bonchev–Trinajstić information content (AvgIpc) is 2.43.